The number of para-hydroxylation sites is 2. The van der Waals surface area contributed by atoms with Crippen LogP contribution in [0.2, 0.25) is 0 Å². The zero-order valence-corrected chi connectivity index (χ0v) is 15.6. The highest BCUT2D eigenvalue weighted by molar-refractivity contribution is 9.10. The lowest BCUT2D eigenvalue weighted by Gasteiger charge is -2.16. The monoisotopic (exact) mass is 393 g/mol. The first kappa shape index (κ1) is 18.3. The molecule has 0 aromatic heterocycles. The molecule has 0 saturated heterocycles. The van der Waals surface area contributed by atoms with Gasteiger partial charge in [0.2, 0.25) is 0 Å². The van der Waals surface area contributed by atoms with Crippen molar-refractivity contribution in [1.29, 1.82) is 0 Å². The molecule has 6 heteroatoms. The molecule has 0 heterocycles. The Morgan fingerprint density at radius 3 is 2.54 bits per heavy atom. The maximum absolute atomic E-state index is 12.3. The number of hydrogen-bond donors (Lipinski definition) is 2. The highest BCUT2D eigenvalue weighted by atomic mass is 79.9. The molecule has 24 heavy (non-hydrogen) atoms. The number of likely N-dealkylation sites (N-methyl/N-ethyl adjacent to an activating group) is 1. The molecule has 1 amide bonds. The van der Waals surface area contributed by atoms with E-state index in [9.17, 15) is 4.79 Å². The fraction of sp³-hybridized carbons (Fsp3) is 0.278. The first-order valence-electron chi connectivity index (χ1n) is 7.60. The summed E-state index contributed by atoms with van der Waals surface area (Å²) in [6.45, 7) is 1.02. The number of methoxy groups -OCH3 is 2. The second-order valence-electron chi connectivity index (χ2n) is 5.52. The van der Waals surface area contributed by atoms with Gasteiger partial charge in [-0.2, -0.15) is 0 Å². The predicted molar refractivity (Wildman–Crippen MR) is 97.8 cm³/mol. The van der Waals surface area contributed by atoms with Gasteiger partial charge >= 0.3 is 0 Å². The van der Waals surface area contributed by atoms with E-state index in [0.29, 0.717) is 24.5 Å². The second-order valence-corrected chi connectivity index (χ2v) is 6.43. The topological polar surface area (TPSA) is 52.0 Å². The van der Waals surface area contributed by atoms with Crippen molar-refractivity contribution < 1.29 is 19.2 Å². The number of hydrogen-bond acceptors (Lipinski definition) is 3. The van der Waals surface area contributed by atoms with Crippen molar-refractivity contribution in [2.24, 2.45) is 0 Å². The summed E-state index contributed by atoms with van der Waals surface area (Å²) in [4.78, 5) is 13.3. The first-order chi connectivity index (χ1) is 11.5. The van der Waals surface area contributed by atoms with Gasteiger partial charge in [0.25, 0.3) is 5.91 Å². The van der Waals surface area contributed by atoms with E-state index in [2.05, 4.69) is 21.2 Å². The van der Waals surface area contributed by atoms with Crippen LogP contribution in [0, 0.1) is 0 Å². The van der Waals surface area contributed by atoms with Gasteiger partial charge in [-0.3, -0.25) is 4.79 Å². The molecule has 1 atom stereocenters. The van der Waals surface area contributed by atoms with Gasteiger partial charge in [-0.1, -0.05) is 28.1 Å². The lowest BCUT2D eigenvalue weighted by Crippen LogP contribution is -3.08. The molecule has 1 unspecified atom stereocenters. The van der Waals surface area contributed by atoms with E-state index < -0.39 is 0 Å². The van der Waals surface area contributed by atoms with Crippen LogP contribution in [0.4, 0.5) is 5.69 Å². The predicted octanol–water partition coefficient (Wildman–Crippen LogP) is 2.12. The smallest absolute Gasteiger partial charge is 0.279 e. The van der Waals surface area contributed by atoms with E-state index in [-0.39, 0.29) is 5.91 Å². The Kier molecular flexibility index (Phi) is 6.63. The zero-order valence-electron chi connectivity index (χ0n) is 14.1. The zero-order chi connectivity index (χ0) is 17.5. The number of rotatable bonds is 7. The molecule has 0 aliphatic carbocycles. The lowest BCUT2D eigenvalue weighted by atomic mass is 10.2. The van der Waals surface area contributed by atoms with Crippen molar-refractivity contribution >= 4 is 27.5 Å². The van der Waals surface area contributed by atoms with Crippen molar-refractivity contribution in [1.82, 2.24) is 0 Å². The van der Waals surface area contributed by atoms with E-state index in [1.54, 1.807) is 14.2 Å². The summed E-state index contributed by atoms with van der Waals surface area (Å²) in [6.07, 6.45) is 0. The third kappa shape index (κ3) is 4.97. The molecule has 128 valence electrons. The van der Waals surface area contributed by atoms with Crippen LogP contribution in [0.5, 0.6) is 11.5 Å². The van der Waals surface area contributed by atoms with E-state index >= 15 is 0 Å². The molecular formula is C18H22BrN2O3+. The minimum atomic E-state index is -0.0639. The summed E-state index contributed by atoms with van der Waals surface area (Å²) in [5.41, 5.74) is 1.73. The minimum absolute atomic E-state index is 0.0639. The Labute approximate surface area is 150 Å². The maximum atomic E-state index is 12.3. The Bertz CT molecular complexity index is 706. The Morgan fingerprint density at radius 2 is 1.83 bits per heavy atom. The normalized spacial score (nSPS) is 11.7. The van der Waals surface area contributed by atoms with Gasteiger partial charge in [0.05, 0.1) is 27.0 Å². The summed E-state index contributed by atoms with van der Waals surface area (Å²) < 4.78 is 11.6. The number of anilines is 1. The van der Waals surface area contributed by atoms with Crippen LogP contribution >= 0.6 is 15.9 Å². The molecule has 0 aliphatic heterocycles. The minimum Gasteiger partial charge on any atom is -0.496 e. The van der Waals surface area contributed by atoms with Gasteiger partial charge in [0, 0.05) is 10.0 Å². The first-order valence-corrected chi connectivity index (χ1v) is 8.39. The number of benzene rings is 2. The van der Waals surface area contributed by atoms with Crippen molar-refractivity contribution in [3.8, 4) is 11.5 Å². The maximum Gasteiger partial charge on any atom is 0.279 e. The quantitative estimate of drug-likeness (QED) is 0.757. The standard InChI is InChI=1S/C18H21BrN2O3/c1-21(11-13-10-14(19)8-9-16(13)23-2)12-18(22)20-15-6-4-5-7-17(15)24-3/h4-10H,11-12H2,1-3H3,(H,20,22)/p+1. The molecule has 2 N–H and O–H groups in total. The molecule has 0 aliphatic rings. The van der Waals surface area contributed by atoms with E-state index in [0.717, 1.165) is 20.7 Å². The van der Waals surface area contributed by atoms with Crippen molar-refractivity contribution in [2.75, 3.05) is 33.1 Å². The molecule has 0 saturated carbocycles. The second kappa shape index (κ2) is 8.70. The van der Waals surface area contributed by atoms with Gasteiger partial charge < -0.3 is 19.7 Å². The summed E-state index contributed by atoms with van der Waals surface area (Å²) >= 11 is 3.47. The van der Waals surface area contributed by atoms with Gasteiger partial charge in [0.1, 0.15) is 18.0 Å². The van der Waals surface area contributed by atoms with Gasteiger partial charge in [-0.05, 0) is 30.3 Å². The summed E-state index contributed by atoms with van der Waals surface area (Å²) in [7, 11) is 5.21. The van der Waals surface area contributed by atoms with Gasteiger partial charge in [-0.15, -0.1) is 0 Å². The van der Waals surface area contributed by atoms with Gasteiger partial charge in [0.15, 0.2) is 6.54 Å². The number of carbonyl (C=O) groups is 1. The number of carbonyl (C=O) groups excluding carboxylic acids is 1. The molecule has 2 aromatic rings. The molecule has 0 radical (unpaired) electrons. The summed E-state index contributed by atoms with van der Waals surface area (Å²) in [5, 5.41) is 2.89. The summed E-state index contributed by atoms with van der Waals surface area (Å²) in [5.74, 6) is 1.41. The van der Waals surface area contributed by atoms with Crippen LogP contribution in [-0.4, -0.2) is 33.7 Å². The number of amides is 1. The SMILES string of the molecule is COc1ccc(Br)cc1C[NH+](C)CC(=O)Nc1ccccc1OC. The Morgan fingerprint density at radius 1 is 1.12 bits per heavy atom. The van der Waals surface area contributed by atoms with Crippen LogP contribution in [0.15, 0.2) is 46.9 Å². The third-order valence-corrected chi connectivity index (χ3v) is 4.07. The van der Waals surface area contributed by atoms with Crippen molar-refractivity contribution in [3.05, 3.63) is 52.5 Å². The molecule has 0 spiro atoms. The fourth-order valence-corrected chi connectivity index (χ4v) is 2.90. The highest BCUT2D eigenvalue weighted by Gasteiger charge is 2.15. The average Bonchev–Trinajstić information content (AvgIpc) is 2.55. The molecule has 0 bridgehead atoms. The van der Waals surface area contributed by atoms with Gasteiger partial charge in [-0.25, -0.2) is 0 Å². The van der Waals surface area contributed by atoms with E-state index in [4.69, 9.17) is 9.47 Å². The highest BCUT2D eigenvalue weighted by Crippen LogP contribution is 2.23. The van der Waals surface area contributed by atoms with E-state index in [1.165, 1.54) is 0 Å². The van der Waals surface area contributed by atoms with Crippen LogP contribution in [0.25, 0.3) is 0 Å². The Hall–Kier alpha value is -2.05. The Balaban J connectivity index is 1.98. The molecule has 2 rings (SSSR count). The number of halogens is 1. The molecule has 5 nitrogen and oxygen atoms in total. The average molecular weight is 394 g/mol. The third-order valence-electron chi connectivity index (χ3n) is 3.58. The fourth-order valence-electron chi connectivity index (χ4n) is 2.49. The molecular weight excluding hydrogens is 372 g/mol. The lowest BCUT2D eigenvalue weighted by molar-refractivity contribution is -0.885. The number of ether oxygens (including phenoxy) is 2. The largest absolute Gasteiger partial charge is 0.496 e. The van der Waals surface area contributed by atoms with E-state index in [1.807, 2.05) is 49.5 Å². The van der Waals surface area contributed by atoms with Crippen molar-refractivity contribution in [2.45, 2.75) is 6.54 Å². The molecule has 0 fully saturated rings. The number of nitrogens with one attached hydrogen (secondary N) is 2. The van der Waals surface area contributed by atoms with Crippen LogP contribution in [0.1, 0.15) is 5.56 Å². The van der Waals surface area contributed by atoms with Crippen LogP contribution in [-0.2, 0) is 11.3 Å². The summed E-state index contributed by atoms with van der Waals surface area (Å²) in [6, 6.07) is 13.2. The van der Waals surface area contributed by atoms with Crippen LogP contribution in [0.3, 0.4) is 0 Å². The van der Waals surface area contributed by atoms with Crippen molar-refractivity contribution in [3.63, 3.8) is 0 Å². The number of quaternary nitrogens is 1. The molecule has 2 aromatic carbocycles. The van der Waals surface area contributed by atoms with Crippen LogP contribution < -0.4 is 19.7 Å².